The molecule has 21 heavy (non-hydrogen) atoms. The van der Waals surface area contributed by atoms with Crippen LogP contribution in [0.5, 0.6) is 0 Å². The summed E-state index contributed by atoms with van der Waals surface area (Å²) in [5.41, 5.74) is 1.09. The summed E-state index contributed by atoms with van der Waals surface area (Å²) >= 11 is 0. The van der Waals surface area contributed by atoms with Gasteiger partial charge in [0.05, 0.1) is 0 Å². The van der Waals surface area contributed by atoms with E-state index in [9.17, 15) is 0 Å². The Balaban J connectivity index is 1.79. The summed E-state index contributed by atoms with van der Waals surface area (Å²) in [6.07, 6.45) is 5.15. The Morgan fingerprint density at radius 2 is 1.71 bits per heavy atom. The minimum Gasteiger partial charge on any atom is -0.356 e. The van der Waals surface area contributed by atoms with Gasteiger partial charge < -0.3 is 9.80 Å². The Bertz CT molecular complexity index is 480. The minimum atomic E-state index is 0.752. The largest absolute Gasteiger partial charge is 0.356 e. The molecule has 3 rings (SSSR count). The first-order valence-corrected chi connectivity index (χ1v) is 8.47. The highest BCUT2D eigenvalue weighted by atomic mass is 15.3. The second kappa shape index (κ2) is 6.20. The van der Waals surface area contributed by atoms with Gasteiger partial charge in [-0.25, -0.2) is 4.98 Å². The minimum absolute atomic E-state index is 0.752. The molecule has 116 valence electrons. The van der Waals surface area contributed by atoms with Crippen LogP contribution in [0.15, 0.2) is 6.07 Å². The number of aromatic nitrogens is 2. The first kappa shape index (κ1) is 14.6. The molecule has 1 aromatic rings. The van der Waals surface area contributed by atoms with Crippen LogP contribution in [0.1, 0.15) is 45.2 Å². The molecule has 0 aromatic carbocycles. The third-order valence-electron chi connectivity index (χ3n) is 4.88. The Morgan fingerprint density at radius 1 is 0.952 bits per heavy atom. The summed E-state index contributed by atoms with van der Waals surface area (Å²) in [6, 6.07) is 2.15. The van der Waals surface area contributed by atoms with Crippen molar-refractivity contribution in [2.24, 2.45) is 11.8 Å². The molecule has 4 heteroatoms. The normalized spacial score (nSPS) is 24.4. The third-order valence-corrected chi connectivity index (χ3v) is 4.88. The number of piperidine rings is 2. The smallest absolute Gasteiger partial charge is 0.227 e. The van der Waals surface area contributed by atoms with Crippen molar-refractivity contribution in [3.05, 3.63) is 11.8 Å². The average Bonchev–Trinajstić information content (AvgIpc) is 2.47. The van der Waals surface area contributed by atoms with Gasteiger partial charge in [-0.05, 0) is 44.4 Å². The van der Waals surface area contributed by atoms with E-state index in [1.807, 2.05) is 0 Å². The Labute approximate surface area is 128 Å². The van der Waals surface area contributed by atoms with E-state index in [1.165, 1.54) is 25.7 Å². The highest BCUT2D eigenvalue weighted by Gasteiger charge is 2.22. The van der Waals surface area contributed by atoms with Crippen molar-refractivity contribution in [2.45, 2.75) is 46.5 Å². The van der Waals surface area contributed by atoms with E-state index in [4.69, 9.17) is 4.98 Å². The number of anilines is 2. The Morgan fingerprint density at radius 3 is 2.43 bits per heavy atom. The van der Waals surface area contributed by atoms with Crippen LogP contribution in [-0.2, 0) is 0 Å². The predicted octanol–water partition coefficient (Wildman–Crippen LogP) is 3.26. The number of nitrogens with zero attached hydrogens (tertiary/aromatic N) is 4. The first-order chi connectivity index (χ1) is 10.1. The zero-order valence-electron chi connectivity index (χ0n) is 13.7. The fourth-order valence-electron chi connectivity index (χ4n) is 3.45. The maximum Gasteiger partial charge on any atom is 0.227 e. The van der Waals surface area contributed by atoms with E-state index in [1.54, 1.807) is 0 Å². The summed E-state index contributed by atoms with van der Waals surface area (Å²) in [7, 11) is 0. The van der Waals surface area contributed by atoms with Crippen molar-refractivity contribution in [2.75, 3.05) is 36.0 Å². The summed E-state index contributed by atoms with van der Waals surface area (Å²) < 4.78 is 0. The lowest BCUT2D eigenvalue weighted by Gasteiger charge is -2.34. The highest BCUT2D eigenvalue weighted by molar-refractivity contribution is 5.46. The lowest BCUT2D eigenvalue weighted by atomic mass is 9.99. The summed E-state index contributed by atoms with van der Waals surface area (Å²) in [6.45, 7) is 11.2. The molecule has 4 nitrogen and oxygen atoms in total. The lowest BCUT2D eigenvalue weighted by molar-refractivity contribution is 0.433. The molecule has 1 aromatic heterocycles. The van der Waals surface area contributed by atoms with E-state index in [-0.39, 0.29) is 0 Å². The van der Waals surface area contributed by atoms with Gasteiger partial charge in [-0.2, -0.15) is 4.98 Å². The molecule has 1 atom stereocenters. The van der Waals surface area contributed by atoms with E-state index in [0.29, 0.717) is 0 Å². The molecule has 2 saturated heterocycles. The van der Waals surface area contributed by atoms with Gasteiger partial charge in [0.2, 0.25) is 5.95 Å². The van der Waals surface area contributed by atoms with Crippen LogP contribution >= 0.6 is 0 Å². The molecule has 0 amide bonds. The van der Waals surface area contributed by atoms with E-state index >= 15 is 0 Å². The molecule has 3 heterocycles. The molecule has 0 N–H and O–H groups in total. The van der Waals surface area contributed by atoms with Crippen LogP contribution in [0, 0.1) is 18.8 Å². The number of aryl methyl sites for hydroxylation is 1. The number of hydrogen-bond acceptors (Lipinski definition) is 4. The molecule has 0 saturated carbocycles. The molecule has 2 aliphatic heterocycles. The molecule has 2 fully saturated rings. The average molecular weight is 288 g/mol. The Kier molecular flexibility index (Phi) is 4.32. The molecule has 0 radical (unpaired) electrons. The zero-order chi connectivity index (χ0) is 14.8. The van der Waals surface area contributed by atoms with Gasteiger partial charge in [0.25, 0.3) is 0 Å². The molecule has 0 spiro atoms. The van der Waals surface area contributed by atoms with Gasteiger partial charge in [0, 0.05) is 37.9 Å². The van der Waals surface area contributed by atoms with Gasteiger partial charge in [-0.3, -0.25) is 0 Å². The number of rotatable bonds is 2. The van der Waals surface area contributed by atoms with Gasteiger partial charge in [0.15, 0.2) is 0 Å². The molecule has 0 aliphatic carbocycles. The zero-order valence-corrected chi connectivity index (χ0v) is 13.7. The van der Waals surface area contributed by atoms with Gasteiger partial charge in [0.1, 0.15) is 5.82 Å². The van der Waals surface area contributed by atoms with Crippen LogP contribution in [0.4, 0.5) is 11.8 Å². The van der Waals surface area contributed by atoms with E-state index < -0.39 is 0 Å². The van der Waals surface area contributed by atoms with Crippen LogP contribution in [0.25, 0.3) is 0 Å². The SMILES string of the molecule is Cc1cc(N2CCC(C)CC2)nc(N2CCCC(C)C2)n1. The topological polar surface area (TPSA) is 32.3 Å². The third kappa shape index (κ3) is 3.47. The fourth-order valence-corrected chi connectivity index (χ4v) is 3.45. The van der Waals surface area contributed by atoms with Crippen LogP contribution in [0.2, 0.25) is 0 Å². The van der Waals surface area contributed by atoms with E-state index in [0.717, 1.165) is 55.5 Å². The van der Waals surface area contributed by atoms with Crippen LogP contribution in [-0.4, -0.2) is 36.1 Å². The molecule has 2 aliphatic rings. The van der Waals surface area contributed by atoms with Gasteiger partial charge in [-0.15, -0.1) is 0 Å². The van der Waals surface area contributed by atoms with Crippen LogP contribution in [0.3, 0.4) is 0 Å². The van der Waals surface area contributed by atoms with Crippen molar-refractivity contribution in [3.63, 3.8) is 0 Å². The van der Waals surface area contributed by atoms with Crippen LogP contribution < -0.4 is 9.80 Å². The van der Waals surface area contributed by atoms with Gasteiger partial charge in [-0.1, -0.05) is 13.8 Å². The second-order valence-corrected chi connectivity index (χ2v) is 7.03. The Hall–Kier alpha value is -1.32. The van der Waals surface area contributed by atoms with E-state index in [2.05, 4.69) is 41.6 Å². The maximum absolute atomic E-state index is 4.88. The lowest BCUT2D eigenvalue weighted by Crippen LogP contribution is -2.37. The maximum atomic E-state index is 4.88. The summed E-state index contributed by atoms with van der Waals surface area (Å²) in [4.78, 5) is 14.4. The molecular formula is C17H28N4. The van der Waals surface area contributed by atoms with Crippen molar-refractivity contribution in [1.29, 1.82) is 0 Å². The predicted molar refractivity (Wildman–Crippen MR) is 88.0 cm³/mol. The first-order valence-electron chi connectivity index (χ1n) is 8.47. The highest BCUT2D eigenvalue weighted by Crippen LogP contribution is 2.25. The van der Waals surface area contributed by atoms with Crippen molar-refractivity contribution in [3.8, 4) is 0 Å². The standard InChI is InChI=1S/C17H28N4/c1-13-6-9-20(10-7-13)16-11-15(3)18-17(19-16)21-8-4-5-14(2)12-21/h11,13-14H,4-10,12H2,1-3H3. The fraction of sp³-hybridized carbons (Fsp3) is 0.765. The summed E-state index contributed by atoms with van der Waals surface area (Å²) in [5.74, 6) is 3.67. The van der Waals surface area contributed by atoms with Crippen molar-refractivity contribution >= 4 is 11.8 Å². The summed E-state index contributed by atoms with van der Waals surface area (Å²) in [5, 5.41) is 0. The second-order valence-electron chi connectivity index (χ2n) is 7.03. The van der Waals surface area contributed by atoms with Gasteiger partial charge >= 0.3 is 0 Å². The van der Waals surface area contributed by atoms with Crippen molar-refractivity contribution in [1.82, 2.24) is 9.97 Å². The quantitative estimate of drug-likeness (QED) is 0.836. The molecular weight excluding hydrogens is 260 g/mol. The van der Waals surface area contributed by atoms with Crippen molar-refractivity contribution < 1.29 is 0 Å². The monoisotopic (exact) mass is 288 g/mol. The molecule has 1 unspecified atom stereocenters. The molecule has 0 bridgehead atoms. The number of hydrogen-bond donors (Lipinski definition) is 0.